The molecule has 1 aliphatic rings. The quantitative estimate of drug-likeness (QED) is 0.449. The summed E-state index contributed by atoms with van der Waals surface area (Å²) in [6, 6.07) is 9.09. The van der Waals surface area contributed by atoms with Crippen LogP contribution in [0.25, 0.3) is 11.8 Å². The Labute approximate surface area is 220 Å². The number of benzene rings is 1. The van der Waals surface area contributed by atoms with E-state index >= 15 is 0 Å². The summed E-state index contributed by atoms with van der Waals surface area (Å²) in [6.07, 6.45) is 7.90. The Morgan fingerprint density at radius 2 is 1.95 bits per heavy atom. The maximum atomic E-state index is 12.9. The van der Waals surface area contributed by atoms with Gasteiger partial charge in [-0.2, -0.15) is 5.26 Å². The van der Waals surface area contributed by atoms with E-state index in [1.807, 2.05) is 12.1 Å². The minimum atomic E-state index is -0.625. The third-order valence-corrected chi connectivity index (χ3v) is 7.09. The Morgan fingerprint density at radius 1 is 1.24 bits per heavy atom. The smallest absolute Gasteiger partial charge is 0.270 e. The number of rotatable bonds is 8. The van der Waals surface area contributed by atoms with Crippen molar-refractivity contribution in [2.24, 2.45) is 11.8 Å². The van der Waals surface area contributed by atoms with E-state index in [1.165, 1.54) is 17.2 Å². The van der Waals surface area contributed by atoms with Crippen molar-refractivity contribution in [2.45, 2.75) is 33.7 Å². The van der Waals surface area contributed by atoms with Crippen LogP contribution in [0, 0.1) is 35.5 Å². The summed E-state index contributed by atoms with van der Waals surface area (Å²) in [7, 11) is 0. The van der Waals surface area contributed by atoms with Crippen molar-refractivity contribution >= 4 is 46.3 Å². The lowest BCUT2D eigenvalue weighted by Crippen LogP contribution is -2.42. The standard InChI is InChI=1S/C27H32N6O3S/c1-5-10-29-25(35)22(13-28)27-33(6-2)26(36)23(37-27)14-30-20-8-7-9-21(12-20)31-24(34)17-32-15-18(3)11-19(4)16-32/h1,7-9,12,14,18-19,30H,6,10-11,15-17H2,2-4H3,(H,29,35)(H,31,34)/b23-14+,27-22-. The highest BCUT2D eigenvalue weighted by atomic mass is 32.1. The summed E-state index contributed by atoms with van der Waals surface area (Å²) in [5, 5.41) is 18.0. The summed E-state index contributed by atoms with van der Waals surface area (Å²) in [5.74, 6) is 2.75. The molecule has 0 aliphatic carbocycles. The van der Waals surface area contributed by atoms with Gasteiger partial charge in [-0.3, -0.25) is 23.9 Å². The lowest BCUT2D eigenvalue weighted by atomic mass is 9.92. The molecule has 2 heterocycles. The van der Waals surface area contributed by atoms with Crippen molar-refractivity contribution < 1.29 is 9.59 Å². The van der Waals surface area contributed by atoms with Crippen LogP contribution in [0.2, 0.25) is 0 Å². The van der Waals surface area contributed by atoms with Crippen molar-refractivity contribution in [1.29, 1.82) is 5.26 Å². The van der Waals surface area contributed by atoms with Crippen LogP contribution in [-0.2, 0) is 16.1 Å². The van der Waals surface area contributed by atoms with E-state index in [0.29, 0.717) is 40.8 Å². The van der Waals surface area contributed by atoms with Gasteiger partial charge < -0.3 is 16.0 Å². The first-order chi connectivity index (χ1) is 17.7. The number of hydrogen-bond donors (Lipinski definition) is 3. The Kier molecular flexibility index (Phi) is 9.67. The summed E-state index contributed by atoms with van der Waals surface area (Å²) in [4.78, 5) is 40.1. The molecule has 2 aromatic rings. The Bertz CT molecular complexity index is 1400. The molecule has 0 spiro atoms. The zero-order chi connectivity index (χ0) is 26.9. The first-order valence-electron chi connectivity index (χ1n) is 12.2. The van der Waals surface area contributed by atoms with Crippen molar-refractivity contribution in [1.82, 2.24) is 14.8 Å². The summed E-state index contributed by atoms with van der Waals surface area (Å²) in [6.45, 7) is 8.65. The number of aromatic nitrogens is 1. The predicted octanol–water partition coefficient (Wildman–Crippen LogP) is 1.12. The molecule has 2 unspecified atom stereocenters. The Hall–Kier alpha value is -3.86. The van der Waals surface area contributed by atoms with Crippen LogP contribution in [0.15, 0.2) is 29.1 Å². The van der Waals surface area contributed by atoms with Crippen molar-refractivity contribution in [3.05, 3.63) is 43.8 Å². The molecule has 0 bridgehead atoms. The van der Waals surface area contributed by atoms with E-state index in [-0.39, 0.29) is 28.2 Å². The fourth-order valence-corrected chi connectivity index (χ4v) is 5.65. The van der Waals surface area contributed by atoms with Gasteiger partial charge in [0, 0.05) is 37.2 Å². The van der Waals surface area contributed by atoms with Gasteiger partial charge in [0.1, 0.15) is 15.3 Å². The Balaban J connectivity index is 1.78. The summed E-state index contributed by atoms with van der Waals surface area (Å²) in [5.41, 5.74) is 0.833. The number of likely N-dealkylation sites (tertiary alicyclic amines) is 1. The van der Waals surface area contributed by atoms with Crippen LogP contribution in [0.3, 0.4) is 0 Å². The highest BCUT2D eigenvalue weighted by molar-refractivity contribution is 7.07. The van der Waals surface area contributed by atoms with Crippen LogP contribution < -0.4 is 30.7 Å². The fourth-order valence-electron chi connectivity index (χ4n) is 4.57. The SMILES string of the molecule is C#CCNC(=O)/C(C#N)=c1\s/c(=C/Nc2cccc(NC(=O)CN3CC(C)CC(C)C3)c2)c(=O)n1CC. The second kappa shape index (κ2) is 12.9. The monoisotopic (exact) mass is 520 g/mol. The van der Waals surface area contributed by atoms with E-state index < -0.39 is 5.91 Å². The van der Waals surface area contributed by atoms with Gasteiger partial charge in [-0.25, -0.2) is 0 Å². The number of piperidine rings is 1. The van der Waals surface area contributed by atoms with Crippen LogP contribution in [0.4, 0.5) is 11.4 Å². The third kappa shape index (κ3) is 7.32. The van der Waals surface area contributed by atoms with Gasteiger partial charge in [-0.05, 0) is 43.4 Å². The van der Waals surface area contributed by atoms with Gasteiger partial charge in [0.25, 0.3) is 11.5 Å². The average molecular weight is 521 g/mol. The molecule has 2 amide bonds. The van der Waals surface area contributed by atoms with Crippen LogP contribution in [0.5, 0.6) is 0 Å². The number of carbonyl (C=O) groups excluding carboxylic acids is 2. The van der Waals surface area contributed by atoms with Gasteiger partial charge in [0.2, 0.25) is 5.91 Å². The highest BCUT2D eigenvalue weighted by Crippen LogP contribution is 2.21. The molecule has 194 valence electrons. The minimum absolute atomic E-state index is 0.0184. The van der Waals surface area contributed by atoms with E-state index in [0.717, 1.165) is 24.4 Å². The molecule has 3 rings (SSSR count). The number of hydrogen-bond acceptors (Lipinski definition) is 7. The summed E-state index contributed by atoms with van der Waals surface area (Å²) >= 11 is 1.04. The maximum absolute atomic E-state index is 12.9. The molecule has 2 atom stereocenters. The molecule has 1 aromatic heterocycles. The number of anilines is 2. The van der Waals surface area contributed by atoms with Crippen LogP contribution in [-0.4, -0.2) is 47.5 Å². The van der Waals surface area contributed by atoms with Crippen molar-refractivity contribution in [3.63, 3.8) is 0 Å². The molecule has 37 heavy (non-hydrogen) atoms. The topological polar surface area (TPSA) is 119 Å². The molecule has 0 saturated carbocycles. The van der Waals surface area contributed by atoms with Gasteiger partial charge in [0.05, 0.1) is 13.1 Å². The average Bonchev–Trinajstić information content (AvgIpc) is 3.16. The fraction of sp³-hybridized carbons (Fsp3) is 0.407. The van der Waals surface area contributed by atoms with Crippen molar-refractivity contribution in [3.8, 4) is 18.4 Å². The number of thiazole rings is 1. The largest absolute Gasteiger partial charge is 0.360 e. The molecular weight excluding hydrogens is 488 g/mol. The first-order valence-corrected chi connectivity index (χ1v) is 13.0. The first kappa shape index (κ1) is 27.7. The molecule has 10 heteroatoms. The number of nitriles is 1. The number of amides is 2. The second-order valence-electron chi connectivity index (χ2n) is 9.25. The molecule has 1 aromatic carbocycles. The minimum Gasteiger partial charge on any atom is -0.360 e. The number of carbonyl (C=O) groups is 2. The lowest BCUT2D eigenvalue weighted by Gasteiger charge is -2.34. The normalized spacial score (nSPS) is 18.9. The highest BCUT2D eigenvalue weighted by Gasteiger charge is 2.23. The van der Waals surface area contributed by atoms with E-state index in [1.54, 1.807) is 25.1 Å². The van der Waals surface area contributed by atoms with Gasteiger partial charge >= 0.3 is 0 Å². The van der Waals surface area contributed by atoms with Gasteiger partial charge in [-0.15, -0.1) is 17.8 Å². The number of nitrogens with zero attached hydrogens (tertiary/aromatic N) is 3. The number of terminal acetylenes is 1. The maximum Gasteiger partial charge on any atom is 0.270 e. The van der Waals surface area contributed by atoms with Crippen molar-refractivity contribution in [2.75, 3.05) is 36.8 Å². The molecule has 1 aliphatic heterocycles. The van der Waals surface area contributed by atoms with Gasteiger partial charge in [0.15, 0.2) is 5.57 Å². The zero-order valence-electron chi connectivity index (χ0n) is 21.3. The Morgan fingerprint density at radius 3 is 2.59 bits per heavy atom. The van der Waals surface area contributed by atoms with E-state index in [4.69, 9.17) is 6.42 Å². The molecule has 1 saturated heterocycles. The second-order valence-corrected chi connectivity index (χ2v) is 10.3. The van der Waals surface area contributed by atoms with E-state index in [2.05, 4.69) is 40.6 Å². The lowest BCUT2D eigenvalue weighted by molar-refractivity contribution is -0.118. The number of nitrogens with one attached hydrogen (secondary N) is 3. The molecule has 9 nitrogen and oxygen atoms in total. The van der Waals surface area contributed by atoms with Gasteiger partial charge in [-0.1, -0.05) is 25.8 Å². The molecule has 1 fully saturated rings. The third-order valence-electron chi connectivity index (χ3n) is 5.96. The molecule has 3 N–H and O–H groups in total. The van der Waals surface area contributed by atoms with Crippen LogP contribution >= 0.6 is 11.3 Å². The summed E-state index contributed by atoms with van der Waals surface area (Å²) < 4.78 is 1.97. The predicted molar refractivity (Wildman–Crippen MR) is 147 cm³/mol. The zero-order valence-corrected chi connectivity index (χ0v) is 22.2. The van der Waals surface area contributed by atoms with Crippen LogP contribution in [0.1, 0.15) is 27.2 Å². The van der Waals surface area contributed by atoms with E-state index in [9.17, 15) is 19.6 Å². The molecule has 0 radical (unpaired) electrons. The molecular formula is C27H32N6O3S.